The third-order valence-corrected chi connectivity index (χ3v) is 3.72. The molecule has 0 heterocycles. The van der Waals surface area contributed by atoms with Crippen molar-refractivity contribution in [1.29, 1.82) is 0 Å². The highest BCUT2D eigenvalue weighted by Gasteiger charge is 2.33. The summed E-state index contributed by atoms with van der Waals surface area (Å²) in [6, 6.07) is 0. The lowest BCUT2D eigenvalue weighted by atomic mass is 10.2. The summed E-state index contributed by atoms with van der Waals surface area (Å²) in [5.74, 6) is -0.147. The van der Waals surface area contributed by atoms with Crippen molar-refractivity contribution in [3.63, 3.8) is 0 Å². The molecule has 1 amide bonds. The first-order chi connectivity index (χ1) is 9.53. The molecule has 0 aromatic carbocycles. The summed E-state index contributed by atoms with van der Waals surface area (Å²) >= 11 is 0. The number of hydrogen-bond donors (Lipinski definition) is 1. The third-order valence-electron chi connectivity index (χ3n) is 2.08. The Balaban J connectivity index is 4.82. The van der Waals surface area contributed by atoms with E-state index in [0.717, 1.165) is 0 Å². The van der Waals surface area contributed by atoms with E-state index in [-0.39, 0.29) is 19.1 Å². The summed E-state index contributed by atoms with van der Waals surface area (Å²) in [5.41, 5.74) is -0.630. The zero-order chi connectivity index (χ0) is 16.7. The number of amides is 1. The van der Waals surface area contributed by atoms with Crippen LogP contribution in [-0.2, 0) is 22.9 Å². The number of alkyl carbamates (subject to hydrolysis) is 1. The van der Waals surface area contributed by atoms with Crippen LogP contribution < -0.4 is 5.32 Å². The van der Waals surface area contributed by atoms with Gasteiger partial charge in [0.1, 0.15) is 11.8 Å². The van der Waals surface area contributed by atoms with E-state index in [1.807, 2.05) is 13.8 Å². The molecule has 7 nitrogen and oxygen atoms in total. The van der Waals surface area contributed by atoms with Crippen LogP contribution >= 0.6 is 7.82 Å². The van der Waals surface area contributed by atoms with Crippen molar-refractivity contribution >= 4 is 13.9 Å². The van der Waals surface area contributed by atoms with Crippen LogP contribution in [0.5, 0.6) is 0 Å². The zero-order valence-corrected chi connectivity index (χ0v) is 14.9. The van der Waals surface area contributed by atoms with Crippen molar-refractivity contribution < 1.29 is 27.7 Å². The highest BCUT2D eigenvalue weighted by atomic mass is 31.2. The van der Waals surface area contributed by atoms with Gasteiger partial charge in [-0.1, -0.05) is 13.8 Å². The summed E-state index contributed by atoms with van der Waals surface area (Å²) in [4.78, 5) is 11.8. The second kappa shape index (κ2) is 8.73. The molecule has 1 N–H and O–H groups in total. The Bertz CT molecular complexity index is 356. The third kappa shape index (κ3) is 9.09. The van der Waals surface area contributed by atoms with Crippen LogP contribution in [0.25, 0.3) is 0 Å². The number of hydrogen-bond acceptors (Lipinski definition) is 6. The molecule has 0 aliphatic carbocycles. The van der Waals surface area contributed by atoms with Gasteiger partial charge < -0.3 is 4.74 Å². The topological polar surface area (TPSA) is 83.1 Å². The number of nitrogens with one attached hydrogen (secondary N) is 1. The highest BCUT2D eigenvalue weighted by molar-refractivity contribution is 7.48. The molecular weight excluding hydrogens is 297 g/mol. The molecule has 0 aromatic heterocycles. The average Bonchev–Trinajstić information content (AvgIpc) is 2.25. The fourth-order valence-electron chi connectivity index (χ4n) is 1.29. The normalized spacial score (nSPS) is 14.1. The maximum atomic E-state index is 12.3. The molecule has 126 valence electrons. The standard InChI is InChI=1S/C13H28NO6P/c1-8-17-21(16,18-9-2)20-11(10(3)4)14-12(15)19-13(5,6)7/h10-11H,8-9H2,1-7H3,(H,14,15). The number of phosphoric acid groups is 1. The maximum absolute atomic E-state index is 12.3. The van der Waals surface area contributed by atoms with Gasteiger partial charge in [0.25, 0.3) is 0 Å². The first kappa shape index (κ1) is 20.4. The molecule has 21 heavy (non-hydrogen) atoms. The van der Waals surface area contributed by atoms with Crippen LogP contribution in [0.3, 0.4) is 0 Å². The minimum Gasteiger partial charge on any atom is -0.444 e. The molecule has 0 saturated heterocycles. The average molecular weight is 325 g/mol. The number of carbonyl (C=O) groups is 1. The van der Waals surface area contributed by atoms with E-state index >= 15 is 0 Å². The van der Waals surface area contributed by atoms with E-state index in [1.165, 1.54) is 0 Å². The quantitative estimate of drug-likeness (QED) is 0.541. The van der Waals surface area contributed by atoms with Gasteiger partial charge in [-0.3, -0.25) is 18.9 Å². The smallest absolute Gasteiger partial charge is 0.444 e. The predicted octanol–water partition coefficient (Wildman–Crippen LogP) is 3.69. The van der Waals surface area contributed by atoms with Gasteiger partial charge in [-0.05, 0) is 40.5 Å². The molecule has 0 rings (SSSR count). The molecule has 0 saturated carbocycles. The van der Waals surface area contributed by atoms with E-state index in [4.69, 9.17) is 18.3 Å². The number of ether oxygens (including phenoxy) is 1. The molecule has 8 heteroatoms. The van der Waals surface area contributed by atoms with Gasteiger partial charge in [0, 0.05) is 0 Å². The summed E-state index contributed by atoms with van der Waals surface area (Å²) in [6.45, 7) is 12.6. The Labute approximate surface area is 127 Å². The molecule has 0 spiro atoms. The summed E-state index contributed by atoms with van der Waals surface area (Å²) in [7, 11) is -3.71. The lowest BCUT2D eigenvalue weighted by molar-refractivity contribution is 0.0171. The van der Waals surface area contributed by atoms with Crippen molar-refractivity contribution in [3.8, 4) is 0 Å². The molecule has 0 radical (unpaired) electrons. The van der Waals surface area contributed by atoms with Crippen molar-refractivity contribution in [2.45, 2.75) is 60.3 Å². The van der Waals surface area contributed by atoms with Gasteiger partial charge in [0.05, 0.1) is 13.2 Å². The van der Waals surface area contributed by atoms with E-state index < -0.39 is 25.7 Å². The van der Waals surface area contributed by atoms with Crippen LogP contribution in [0.1, 0.15) is 48.5 Å². The van der Waals surface area contributed by atoms with Crippen LogP contribution in [0.2, 0.25) is 0 Å². The van der Waals surface area contributed by atoms with E-state index in [0.29, 0.717) is 0 Å². The van der Waals surface area contributed by atoms with Gasteiger partial charge >= 0.3 is 13.9 Å². The van der Waals surface area contributed by atoms with E-state index in [9.17, 15) is 9.36 Å². The Kier molecular flexibility index (Phi) is 8.48. The molecule has 0 bridgehead atoms. The summed E-state index contributed by atoms with van der Waals surface area (Å²) < 4.78 is 33.0. The monoisotopic (exact) mass is 325 g/mol. The molecule has 0 fully saturated rings. The molecule has 1 atom stereocenters. The first-order valence-electron chi connectivity index (χ1n) is 7.10. The molecule has 0 aromatic rings. The van der Waals surface area contributed by atoms with E-state index in [2.05, 4.69) is 5.32 Å². The van der Waals surface area contributed by atoms with Gasteiger partial charge in [-0.25, -0.2) is 9.36 Å². The minimum atomic E-state index is -3.71. The first-order valence-corrected chi connectivity index (χ1v) is 8.56. The highest BCUT2D eigenvalue weighted by Crippen LogP contribution is 2.50. The Morgan fingerprint density at radius 2 is 1.62 bits per heavy atom. The Morgan fingerprint density at radius 3 is 1.95 bits per heavy atom. The van der Waals surface area contributed by atoms with Crippen molar-refractivity contribution in [2.24, 2.45) is 5.92 Å². The lowest BCUT2D eigenvalue weighted by Gasteiger charge is -2.28. The Morgan fingerprint density at radius 1 is 1.14 bits per heavy atom. The predicted molar refractivity (Wildman–Crippen MR) is 79.9 cm³/mol. The molecule has 1 unspecified atom stereocenters. The van der Waals surface area contributed by atoms with Crippen molar-refractivity contribution in [2.75, 3.05) is 13.2 Å². The van der Waals surface area contributed by atoms with Crippen LogP contribution in [0.15, 0.2) is 0 Å². The lowest BCUT2D eigenvalue weighted by Crippen LogP contribution is -2.43. The summed E-state index contributed by atoms with van der Waals surface area (Å²) in [5, 5.41) is 2.53. The van der Waals surface area contributed by atoms with Gasteiger partial charge in [-0.15, -0.1) is 0 Å². The fraction of sp³-hybridized carbons (Fsp3) is 0.923. The van der Waals surface area contributed by atoms with Crippen molar-refractivity contribution in [3.05, 3.63) is 0 Å². The Hall–Kier alpha value is -0.620. The number of carbonyl (C=O) groups excluding carboxylic acids is 1. The van der Waals surface area contributed by atoms with Crippen molar-refractivity contribution in [1.82, 2.24) is 5.32 Å². The number of phosphoric ester groups is 1. The van der Waals surface area contributed by atoms with Crippen LogP contribution in [-0.4, -0.2) is 31.1 Å². The summed E-state index contributed by atoms with van der Waals surface area (Å²) in [6.07, 6.45) is -1.50. The van der Waals surface area contributed by atoms with Crippen LogP contribution in [0.4, 0.5) is 4.79 Å². The van der Waals surface area contributed by atoms with Gasteiger partial charge in [0.15, 0.2) is 0 Å². The number of rotatable bonds is 8. The zero-order valence-electron chi connectivity index (χ0n) is 14.0. The largest absolute Gasteiger partial charge is 0.476 e. The molecule has 0 aliphatic heterocycles. The minimum absolute atomic E-state index is 0.147. The van der Waals surface area contributed by atoms with Gasteiger partial charge in [-0.2, -0.15) is 0 Å². The fourth-order valence-corrected chi connectivity index (χ4v) is 2.69. The SMILES string of the molecule is CCOP(=O)(OCC)OC(NC(=O)OC(C)(C)C)C(C)C. The van der Waals surface area contributed by atoms with E-state index in [1.54, 1.807) is 34.6 Å². The molecular formula is C13H28NO6P. The second-order valence-electron chi connectivity index (χ2n) is 5.70. The van der Waals surface area contributed by atoms with Gasteiger partial charge in [0.2, 0.25) is 0 Å². The maximum Gasteiger partial charge on any atom is 0.476 e. The van der Waals surface area contributed by atoms with Crippen LogP contribution in [0, 0.1) is 5.92 Å². The molecule has 0 aliphatic rings. The second-order valence-corrected chi connectivity index (χ2v) is 7.32.